The molecule has 3 amide bonds. The number of benzene rings is 2. The summed E-state index contributed by atoms with van der Waals surface area (Å²) in [5.41, 5.74) is 1.15. The number of rotatable bonds is 6. The van der Waals surface area contributed by atoms with Gasteiger partial charge in [0.05, 0.1) is 23.8 Å². The number of ether oxygens (including phenoxy) is 1. The van der Waals surface area contributed by atoms with Crippen LogP contribution in [0.25, 0.3) is 0 Å². The number of anilines is 2. The van der Waals surface area contributed by atoms with Crippen molar-refractivity contribution in [1.82, 2.24) is 0 Å². The van der Waals surface area contributed by atoms with Gasteiger partial charge in [0.25, 0.3) is 0 Å². The summed E-state index contributed by atoms with van der Waals surface area (Å²) in [7, 11) is 1.55. The largest absolute Gasteiger partial charge is 0.497 e. The van der Waals surface area contributed by atoms with Gasteiger partial charge >= 0.3 is 0 Å². The maximum Gasteiger partial charge on any atom is 0.247 e. The summed E-state index contributed by atoms with van der Waals surface area (Å²) in [5.74, 6) is -0.0676. The molecule has 1 N–H and O–H groups in total. The fourth-order valence-electron chi connectivity index (χ4n) is 2.67. The molecule has 1 fully saturated rings. The fraction of sp³-hybridized carbons (Fsp3) is 0.211. The van der Waals surface area contributed by atoms with Crippen molar-refractivity contribution in [2.75, 3.05) is 23.1 Å². The molecule has 1 saturated heterocycles. The minimum absolute atomic E-state index is 0.0784. The van der Waals surface area contributed by atoms with Crippen molar-refractivity contribution in [2.24, 2.45) is 0 Å². The van der Waals surface area contributed by atoms with E-state index in [0.717, 1.165) is 4.47 Å². The van der Waals surface area contributed by atoms with Crippen molar-refractivity contribution in [3.8, 4) is 5.75 Å². The Kier molecular flexibility index (Phi) is 6.18. The van der Waals surface area contributed by atoms with Gasteiger partial charge in [-0.3, -0.25) is 14.4 Å². The minimum Gasteiger partial charge on any atom is -0.497 e. The molecule has 1 aliphatic rings. The standard InChI is InChI=1S/C19H17BrN2O4S/c1-26-15-4-2-3-13(9-15)21-17(23)11-27-16-10-18(24)22(19(16)25)14-7-5-12(20)6-8-14/h2-9,16H,10-11H2,1H3,(H,21,23). The Morgan fingerprint density at radius 1 is 1.26 bits per heavy atom. The lowest BCUT2D eigenvalue weighted by Crippen LogP contribution is -2.31. The summed E-state index contributed by atoms with van der Waals surface area (Å²) in [6, 6.07) is 14.0. The fourth-order valence-corrected chi connectivity index (χ4v) is 3.87. The number of thioether (sulfide) groups is 1. The average Bonchev–Trinajstić information content (AvgIpc) is 2.94. The Hall–Kier alpha value is -2.32. The predicted molar refractivity (Wildman–Crippen MR) is 109 cm³/mol. The lowest BCUT2D eigenvalue weighted by Gasteiger charge is -2.15. The van der Waals surface area contributed by atoms with Crippen LogP contribution in [0, 0.1) is 0 Å². The molecule has 0 spiro atoms. The van der Waals surface area contributed by atoms with Crippen LogP contribution in [-0.2, 0) is 14.4 Å². The Balaban J connectivity index is 1.58. The summed E-state index contributed by atoms with van der Waals surface area (Å²) in [6.45, 7) is 0. The lowest BCUT2D eigenvalue weighted by molar-refractivity contribution is -0.121. The molecule has 3 rings (SSSR count). The molecule has 1 unspecified atom stereocenters. The van der Waals surface area contributed by atoms with Crippen molar-refractivity contribution in [2.45, 2.75) is 11.7 Å². The van der Waals surface area contributed by atoms with Crippen LogP contribution in [0.15, 0.2) is 53.0 Å². The van der Waals surface area contributed by atoms with E-state index < -0.39 is 5.25 Å². The van der Waals surface area contributed by atoms with Crippen LogP contribution < -0.4 is 15.0 Å². The molecule has 27 heavy (non-hydrogen) atoms. The minimum atomic E-state index is -0.558. The summed E-state index contributed by atoms with van der Waals surface area (Å²) < 4.78 is 5.98. The number of hydrogen-bond acceptors (Lipinski definition) is 5. The van der Waals surface area contributed by atoms with Crippen LogP contribution in [-0.4, -0.2) is 35.8 Å². The molecule has 2 aromatic carbocycles. The quantitative estimate of drug-likeness (QED) is 0.684. The third-order valence-corrected chi connectivity index (χ3v) is 5.69. The second-order valence-corrected chi connectivity index (χ2v) is 7.93. The van der Waals surface area contributed by atoms with Gasteiger partial charge in [-0.2, -0.15) is 0 Å². The first-order valence-electron chi connectivity index (χ1n) is 8.16. The molecule has 8 heteroatoms. The highest BCUT2D eigenvalue weighted by Gasteiger charge is 2.40. The summed E-state index contributed by atoms with van der Waals surface area (Å²) in [5, 5.41) is 2.20. The Bertz CT molecular complexity index is 872. The van der Waals surface area contributed by atoms with Crippen LogP contribution in [0.1, 0.15) is 6.42 Å². The van der Waals surface area contributed by atoms with E-state index in [1.165, 1.54) is 16.7 Å². The molecule has 140 valence electrons. The summed E-state index contributed by atoms with van der Waals surface area (Å²) >= 11 is 4.50. The Morgan fingerprint density at radius 3 is 2.70 bits per heavy atom. The number of methoxy groups -OCH3 is 1. The molecule has 0 bridgehead atoms. The van der Waals surface area contributed by atoms with Crippen LogP contribution in [0.5, 0.6) is 5.75 Å². The zero-order valence-corrected chi connectivity index (χ0v) is 16.9. The zero-order chi connectivity index (χ0) is 19.4. The van der Waals surface area contributed by atoms with E-state index in [1.54, 1.807) is 55.6 Å². The second-order valence-electron chi connectivity index (χ2n) is 5.83. The van der Waals surface area contributed by atoms with Crippen LogP contribution >= 0.6 is 27.7 Å². The predicted octanol–water partition coefficient (Wildman–Crippen LogP) is 3.46. The number of hydrogen-bond donors (Lipinski definition) is 1. The molecule has 1 atom stereocenters. The van der Waals surface area contributed by atoms with Gasteiger partial charge in [-0.25, -0.2) is 4.90 Å². The van der Waals surface area contributed by atoms with E-state index in [9.17, 15) is 14.4 Å². The molecule has 2 aromatic rings. The molecule has 1 heterocycles. The van der Waals surface area contributed by atoms with Crippen molar-refractivity contribution in [1.29, 1.82) is 0 Å². The van der Waals surface area contributed by atoms with Gasteiger partial charge in [0, 0.05) is 22.6 Å². The highest BCUT2D eigenvalue weighted by Crippen LogP contribution is 2.30. The molecule has 0 radical (unpaired) electrons. The first kappa shape index (κ1) is 19.4. The topological polar surface area (TPSA) is 75.7 Å². The van der Waals surface area contributed by atoms with Gasteiger partial charge in [-0.1, -0.05) is 22.0 Å². The number of amides is 3. The first-order valence-corrected chi connectivity index (χ1v) is 10.00. The average molecular weight is 449 g/mol. The highest BCUT2D eigenvalue weighted by molar-refractivity contribution is 9.10. The molecule has 0 aliphatic carbocycles. The summed E-state index contributed by atoms with van der Waals surface area (Å²) in [4.78, 5) is 38.2. The van der Waals surface area contributed by atoms with E-state index in [-0.39, 0.29) is 29.9 Å². The van der Waals surface area contributed by atoms with Gasteiger partial charge in [-0.05, 0) is 36.4 Å². The first-order chi connectivity index (χ1) is 13.0. The lowest BCUT2D eigenvalue weighted by atomic mass is 10.3. The van der Waals surface area contributed by atoms with Crippen LogP contribution in [0.3, 0.4) is 0 Å². The smallest absolute Gasteiger partial charge is 0.247 e. The Morgan fingerprint density at radius 2 is 2.00 bits per heavy atom. The normalized spacial score (nSPS) is 16.5. The van der Waals surface area contributed by atoms with E-state index in [0.29, 0.717) is 17.1 Å². The van der Waals surface area contributed by atoms with Gasteiger partial charge < -0.3 is 10.1 Å². The van der Waals surface area contributed by atoms with Crippen molar-refractivity contribution in [3.05, 3.63) is 53.0 Å². The second kappa shape index (κ2) is 8.58. The third kappa shape index (κ3) is 4.70. The monoisotopic (exact) mass is 448 g/mol. The number of imide groups is 1. The number of halogens is 1. The third-order valence-electron chi connectivity index (χ3n) is 3.96. The molecule has 0 aromatic heterocycles. The SMILES string of the molecule is COc1cccc(NC(=O)CSC2CC(=O)N(c3ccc(Br)cc3)C2=O)c1. The van der Waals surface area contributed by atoms with Gasteiger partial charge in [0.2, 0.25) is 17.7 Å². The number of carbonyl (C=O) groups is 3. The van der Waals surface area contributed by atoms with Crippen molar-refractivity contribution < 1.29 is 19.1 Å². The van der Waals surface area contributed by atoms with E-state index >= 15 is 0 Å². The van der Waals surface area contributed by atoms with Crippen molar-refractivity contribution in [3.63, 3.8) is 0 Å². The van der Waals surface area contributed by atoms with E-state index in [2.05, 4.69) is 21.2 Å². The molecular formula is C19H17BrN2O4S. The maximum absolute atomic E-state index is 12.6. The molecular weight excluding hydrogens is 432 g/mol. The van der Waals surface area contributed by atoms with Gasteiger partial charge in [0.1, 0.15) is 5.75 Å². The molecule has 1 aliphatic heterocycles. The van der Waals surface area contributed by atoms with Crippen LogP contribution in [0.4, 0.5) is 11.4 Å². The van der Waals surface area contributed by atoms with Crippen LogP contribution in [0.2, 0.25) is 0 Å². The number of nitrogens with zero attached hydrogens (tertiary/aromatic N) is 1. The van der Waals surface area contributed by atoms with E-state index in [1.807, 2.05) is 0 Å². The maximum atomic E-state index is 12.6. The van der Waals surface area contributed by atoms with Gasteiger partial charge in [-0.15, -0.1) is 11.8 Å². The highest BCUT2D eigenvalue weighted by atomic mass is 79.9. The zero-order valence-electron chi connectivity index (χ0n) is 14.5. The van der Waals surface area contributed by atoms with E-state index in [4.69, 9.17) is 4.74 Å². The van der Waals surface area contributed by atoms with Crippen molar-refractivity contribution >= 4 is 56.8 Å². The summed E-state index contributed by atoms with van der Waals surface area (Å²) in [6.07, 6.45) is 0.0893. The molecule has 0 saturated carbocycles. The number of nitrogens with one attached hydrogen (secondary N) is 1. The number of carbonyl (C=O) groups excluding carboxylic acids is 3. The Labute approximate surface area is 169 Å². The molecule has 6 nitrogen and oxygen atoms in total. The van der Waals surface area contributed by atoms with Gasteiger partial charge in [0.15, 0.2) is 0 Å².